The zero-order valence-corrected chi connectivity index (χ0v) is 15.3. The van der Waals surface area contributed by atoms with E-state index in [1.807, 2.05) is 12.1 Å². The van der Waals surface area contributed by atoms with Crippen LogP contribution in [0.5, 0.6) is 11.5 Å². The first-order valence-corrected chi connectivity index (χ1v) is 8.12. The minimum absolute atomic E-state index is 0. The Morgan fingerprint density at radius 1 is 1.17 bits per heavy atom. The first-order chi connectivity index (χ1) is 10.3. The highest BCUT2D eigenvalue weighted by atomic mass is 35.5. The molecule has 1 aliphatic heterocycles. The third-order valence-corrected chi connectivity index (χ3v) is 4.95. The van der Waals surface area contributed by atoms with E-state index in [0.717, 1.165) is 37.5 Å². The van der Waals surface area contributed by atoms with E-state index in [-0.39, 0.29) is 30.9 Å². The Hall–Kier alpha value is -0.680. The minimum Gasteiger partial charge on any atom is -0.507 e. The maximum Gasteiger partial charge on any atom is 0.127 e. The molecule has 2 fully saturated rings. The van der Waals surface area contributed by atoms with Crippen LogP contribution in [0.3, 0.4) is 0 Å². The number of methoxy groups -OCH3 is 1. The van der Waals surface area contributed by atoms with E-state index < -0.39 is 0 Å². The molecule has 1 atom stereocenters. The van der Waals surface area contributed by atoms with Crippen molar-refractivity contribution in [2.75, 3.05) is 33.3 Å². The Kier molecular flexibility index (Phi) is 8.48. The van der Waals surface area contributed by atoms with Crippen LogP contribution in [0.15, 0.2) is 18.2 Å². The van der Waals surface area contributed by atoms with Crippen molar-refractivity contribution in [2.24, 2.45) is 5.92 Å². The van der Waals surface area contributed by atoms with Gasteiger partial charge in [0.2, 0.25) is 0 Å². The van der Waals surface area contributed by atoms with Gasteiger partial charge in [0.15, 0.2) is 0 Å². The lowest BCUT2D eigenvalue weighted by molar-refractivity contribution is 0.121. The Morgan fingerprint density at radius 3 is 2.43 bits per heavy atom. The van der Waals surface area contributed by atoms with Gasteiger partial charge in [0.25, 0.3) is 0 Å². The van der Waals surface area contributed by atoms with Gasteiger partial charge < -0.3 is 15.2 Å². The van der Waals surface area contributed by atoms with Crippen molar-refractivity contribution in [3.63, 3.8) is 0 Å². The number of hydrogen-bond acceptors (Lipinski definition) is 4. The Labute approximate surface area is 151 Å². The number of aromatic hydroxyl groups is 1. The van der Waals surface area contributed by atoms with E-state index in [4.69, 9.17) is 4.74 Å². The summed E-state index contributed by atoms with van der Waals surface area (Å²) < 4.78 is 5.56. The molecular weight excluding hydrogens is 335 g/mol. The van der Waals surface area contributed by atoms with Crippen molar-refractivity contribution >= 4 is 24.8 Å². The molecule has 2 aliphatic rings. The molecule has 3 rings (SSSR count). The van der Waals surface area contributed by atoms with Gasteiger partial charge in [-0.3, -0.25) is 4.90 Å². The second kappa shape index (κ2) is 9.58. The van der Waals surface area contributed by atoms with Gasteiger partial charge in [0, 0.05) is 32.2 Å². The molecule has 1 aliphatic carbocycles. The monoisotopic (exact) mass is 362 g/mol. The summed E-state index contributed by atoms with van der Waals surface area (Å²) >= 11 is 0. The molecule has 1 aromatic carbocycles. The normalized spacial score (nSPS) is 20.4. The lowest BCUT2D eigenvalue weighted by Crippen LogP contribution is -2.46. The number of phenolic OH excluding ortho intramolecular Hbond substituents is 1. The fourth-order valence-electron chi connectivity index (χ4n) is 3.96. The van der Waals surface area contributed by atoms with Gasteiger partial charge >= 0.3 is 0 Å². The number of phenols is 1. The molecule has 2 N–H and O–H groups in total. The SMILES string of the molecule is COc1cccc(O)c1[C@@H](C1CCCC1)N1CCNCC1.Cl.Cl. The zero-order chi connectivity index (χ0) is 14.7. The maximum absolute atomic E-state index is 10.5. The highest BCUT2D eigenvalue weighted by molar-refractivity contribution is 5.85. The molecule has 132 valence electrons. The summed E-state index contributed by atoms with van der Waals surface area (Å²) in [6.07, 6.45) is 5.13. The van der Waals surface area contributed by atoms with Crippen molar-refractivity contribution in [1.82, 2.24) is 10.2 Å². The second-order valence-corrected chi connectivity index (χ2v) is 6.17. The highest BCUT2D eigenvalue weighted by Crippen LogP contribution is 2.45. The quantitative estimate of drug-likeness (QED) is 0.861. The lowest BCUT2D eigenvalue weighted by Gasteiger charge is -2.39. The molecule has 0 aromatic heterocycles. The summed E-state index contributed by atoms with van der Waals surface area (Å²) in [7, 11) is 1.70. The standard InChI is InChI=1S/C17H26N2O2.2ClH/c1-21-15-8-4-7-14(20)16(15)17(13-5-2-3-6-13)19-11-9-18-10-12-19;;/h4,7-8,13,17-18,20H,2-3,5-6,9-12H2,1H3;2*1H/t17-;;/m1../s1. The van der Waals surface area contributed by atoms with Gasteiger partial charge in [-0.15, -0.1) is 24.8 Å². The molecular formula is C17H28Cl2N2O2. The van der Waals surface area contributed by atoms with Crippen LogP contribution in [-0.2, 0) is 0 Å². The van der Waals surface area contributed by atoms with Crippen LogP contribution in [0.4, 0.5) is 0 Å². The van der Waals surface area contributed by atoms with E-state index in [0.29, 0.717) is 11.7 Å². The third-order valence-electron chi connectivity index (χ3n) is 4.95. The van der Waals surface area contributed by atoms with E-state index in [2.05, 4.69) is 10.2 Å². The summed E-state index contributed by atoms with van der Waals surface area (Å²) in [5.74, 6) is 1.83. The first-order valence-electron chi connectivity index (χ1n) is 8.12. The highest BCUT2D eigenvalue weighted by Gasteiger charge is 2.35. The van der Waals surface area contributed by atoms with Gasteiger partial charge in [0.05, 0.1) is 12.7 Å². The van der Waals surface area contributed by atoms with Crippen LogP contribution >= 0.6 is 24.8 Å². The number of hydrogen-bond donors (Lipinski definition) is 2. The molecule has 1 saturated carbocycles. The van der Waals surface area contributed by atoms with E-state index in [1.165, 1.54) is 25.7 Å². The number of ether oxygens (including phenoxy) is 1. The van der Waals surface area contributed by atoms with Crippen molar-refractivity contribution in [2.45, 2.75) is 31.7 Å². The molecule has 1 saturated heterocycles. The predicted molar refractivity (Wildman–Crippen MR) is 98.3 cm³/mol. The zero-order valence-electron chi connectivity index (χ0n) is 13.7. The van der Waals surface area contributed by atoms with Gasteiger partial charge in [0.1, 0.15) is 11.5 Å². The van der Waals surface area contributed by atoms with Gasteiger partial charge in [-0.25, -0.2) is 0 Å². The molecule has 0 radical (unpaired) electrons. The van der Waals surface area contributed by atoms with Crippen molar-refractivity contribution in [3.8, 4) is 11.5 Å². The lowest BCUT2D eigenvalue weighted by atomic mass is 9.88. The fourth-order valence-corrected chi connectivity index (χ4v) is 3.96. The smallest absolute Gasteiger partial charge is 0.127 e. The minimum atomic E-state index is 0. The van der Waals surface area contributed by atoms with Gasteiger partial charge in [-0.05, 0) is 30.9 Å². The first kappa shape index (κ1) is 20.4. The molecule has 1 heterocycles. The number of rotatable bonds is 4. The molecule has 23 heavy (non-hydrogen) atoms. The van der Waals surface area contributed by atoms with Crippen molar-refractivity contribution < 1.29 is 9.84 Å². The van der Waals surface area contributed by atoms with Crippen LogP contribution in [0.25, 0.3) is 0 Å². The topological polar surface area (TPSA) is 44.7 Å². The molecule has 0 bridgehead atoms. The van der Waals surface area contributed by atoms with Crippen molar-refractivity contribution in [3.05, 3.63) is 23.8 Å². The van der Waals surface area contributed by atoms with Crippen LogP contribution < -0.4 is 10.1 Å². The van der Waals surface area contributed by atoms with Gasteiger partial charge in [-0.2, -0.15) is 0 Å². The fraction of sp³-hybridized carbons (Fsp3) is 0.647. The molecule has 6 heteroatoms. The van der Waals surface area contributed by atoms with Crippen molar-refractivity contribution in [1.29, 1.82) is 0 Å². The number of nitrogens with zero attached hydrogens (tertiary/aromatic N) is 1. The second-order valence-electron chi connectivity index (χ2n) is 6.17. The summed E-state index contributed by atoms with van der Waals surface area (Å²) in [5, 5.41) is 13.9. The van der Waals surface area contributed by atoms with Crippen LogP contribution in [0, 0.1) is 5.92 Å². The third kappa shape index (κ3) is 4.44. The molecule has 1 aromatic rings. The number of nitrogens with one attached hydrogen (secondary N) is 1. The summed E-state index contributed by atoms with van der Waals surface area (Å²) in [5.41, 5.74) is 0.994. The average molecular weight is 363 g/mol. The van der Waals surface area contributed by atoms with E-state index >= 15 is 0 Å². The average Bonchev–Trinajstić information content (AvgIpc) is 3.04. The van der Waals surface area contributed by atoms with Gasteiger partial charge in [-0.1, -0.05) is 18.9 Å². The maximum atomic E-state index is 10.5. The Bertz CT molecular complexity index is 476. The number of halogens is 2. The molecule has 0 unspecified atom stereocenters. The Balaban J connectivity index is 0.00000132. The van der Waals surface area contributed by atoms with E-state index in [1.54, 1.807) is 13.2 Å². The summed E-state index contributed by atoms with van der Waals surface area (Å²) in [6.45, 7) is 4.13. The Morgan fingerprint density at radius 2 is 1.83 bits per heavy atom. The largest absolute Gasteiger partial charge is 0.507 e. The van der Waals surface area contributed by atoms with Crippen LogP contribution in [0.1, 0.15) is 37.3 Å². The van der Waals surface area contributed by atoms with Crippen LogP contribution in [0.2, 0.25) is 0 Å². The number of benzene rings is 1. The molecule has 0 amide bonds. The number of piperazine rings is 1. The van der Waals surface area contributed by atoms with Crippen LogP contribution in [-0.4, -0.2) is 43.3 Å². The summed E-state index contributed by atoms with van der Waals surface area (Å²) in [6, 6.07) is 5.91. The molecule has 4 nitrogen and oxygen atoms in total. The summed E-state index contributed by atoms with van der Waals surface area (Å²) in [4.78, 5) is 2.53. The predicted octanol–water partition coefficient (Wildman–Crippen LogP) is 3.38. The van der Waals surface area contributed by atoms with E-state index in [9.17, 15) is 5.11 Å². The molecule has 0 spiro atoms.